The SMILES string of the molecule is CC(=O)SC1CC(=O)N(c2c(N)cc(F)cc2Br)C1. The third-order valence-corrected chi connectivity index (χ3v) is 4.34. The van der Waals surface area contributed by atoms with Gasteiger partial charge in [-0.1, -0.05) is 11.8 Å². The molecular weight excluding hydrogens is 335 g/mol. The monoisotopic (exact) mass is 346 g/mol. The second kappa shape index (κ2) is 5.50. The molecule has 0 aliphatic carbocycles. The van der Waals surface area contributed by atoms with Crippen LogP contribution in [0.3, 0.4) is 0 Å². The Hall–Kier alpha value is -1.08. The Labute approximate surface area is 122 Å². The van der Waals surface area contributed by atoms with E-state index >= 15 is 0 Å². The number of rotatable bonds is 2. The summed E-state index contributed by atoms with van der Waals surface area (Å²) in [5, 5.41) is -0.104. The number of hydrogen-bond acceptors (Lipinski definition) is 4. The number of halogens is 2. The average Bonchev–Trinajstić information content (AvgIpc) is 2.57. The topological polar surface area (TPSA) is 63.4 Å². The van der Waals surface area contributed by atoms with Crippen molar-refractivity contribution in [2.45, 2.75) is 18.6 Å². The molecule has 7 heteroatoms. The Bertz CT molecular complexity index is 530. The molecule has 0 aromatic heterocycles. The van der Waals surface area contributed by atoms with E-state index in [4.69, 9.17) is 5.73 Å². The highest BCUT2D eigenvalue weighted by molar-refractivity contribution is 9.10. The molecule has 0 radical (unpaired) electrons. The van der Waals surface area contributed by atoms with E-state index in [2.05, 4.69) is 15.9 Å². The highest BCUT2D eigenvalue weighted by atomic mass is 79.9. The summed E-state index contributed by atoms with van der Waals surface area (Å²) in [6, 6.07) is 2.45. The number of carbonyl (C=O) groups is 2. The largest absolute Gasteiger partial charge is 0.397 e. The third-order valence-electron chi connectivity index (χ3n) is 2.75. The lowest BCUT2D eigenvalue weighted by atomic mass is 10.2. The number of hydrogen-bond donors (Lipinski definition) is 1. The van der Waals surface area contributed by atoms with Crippen LogP contribution in [0, 0.1) is 5.82 Å². The maximum absolute atomic E-state index is 13.2. The van der Waals surface area contributed by atoms with Gasteiger partial charge >= 0.3 is 0 Å². The van der Waals surface area contributed by atoms with Crippen LogP contribution in [-0.2, 0) is 9.59 Å². The van der Waals surface area contributed by atoms with Crippen LogP contribution in [0.5, 0.6) is 0 Å². The van der Waals surface area contributed by atoms with Gasteiger partial charge in [0.25, 0.3) is 0 Å². The van der Waals surface area contributed by atoms with Crippen molar-refractivity contribution < 1.29 is 14.0 Å². The van der Waals surface area contributed by atoms with Crippen LogP contribution in [0.25, 0.3) is 0 Å². The van der Waals surface area contributed by atoms with Gasteiger partial charge in [0.1, 0.15) is 5.82 Å². The number of thioether (sulfide) groups is 1. The summed E-state index contributed by atoms with van der Waals surface area (Å²) >= 11 is 4.37. The molecule has 1 unspecified atom stereocenters. The van der Waals surface area contributed by atoms with Crippen molar-refractivity contribution in [2.24, 2.45) is 0 Å². The lowest BCUT2D eigenvalue weighted by Gasteiger charge is -2.20. The first kappa shape index (κ1) is 14.3. The van der Waals surface area contributed by atoms with E-state index in [-0.39, 0.29) is 28.4 Å². The molecule has 102 valence electrons. The summed E-state index contributed by atoms with van der Waals surface area (Å²) < 4.78 is 13.6. The van der Waals surface area contributed by atoms with Gasteiger partial charge in [0, 0.05) is 29.6 Å². The average molecular weight is 347 g/mol. The van der Waals surface area contributed by atoms with Crippen LogP contribution in [0.15, 0.2) is 16.6 Å². The van der Waals surface area contributed by atoms with Crippen molar-refractivity contribution in [3.8, 4) is 0 Å². The van der Waals surface area contributed by atoms with Crippen LogP contribution in [0.4, 0.5) is 15.8 Å². The molecular formula is C12H12BrFN2O2S. The molecule has 4 nitrogen and oxygen atoms in total. The zero-order valence-electron chi connectivity index (χ0n) is 10.2. The molecule has 1 aromatic rings. The molecule has 1 aromatic carbocycles. The second-order valence-corrected chi connectivity index (χ2v) is 6.60. The molecule has 2 N–H and O–H groups in total. The Morgan fingerprint density at radius 3 is 2.84 bits per heavy atom. The van der Waals surface area contributed by atoms with E-state index in [1.54, 1.807) is 0 Å². The Morgan fingerprint density at radius 1 is 1.58 bits per heavy atom. The summed E-state index contributed by atoms with van der Waals surface area (Å²) in [6.45, 7) is 1.87. The van der Waals surface area contributed by atoms with Crippen molar-refractivity contribution >= 4 is 50.1 Å². The maximum atomic E-state index is 13.2. The molecule has 19 heavy (non-hydrogen) atoms. The van der Waals surface area contributed by atoms with Gasteiger partial charge in [-0.15, -0.1) is 0 Å². The van der Waals surface area contributed by atoms with E-state index in [0.717, 1.165) is 11.8 Å². The van der Waals surface area contributed by atoms with Crippen LogP contribution in [0.1, 0.15) is 13.3 Å². The van der Waals surface area contributed by atoms with Crippen LogP contribution >= 0.6 is 27.7 Å². The van der Waals surface area contributed by atoms with Crippen molar-refractivity contribution in [1.82, 2.24) is 0 Å². The molecule has 1 amide bonds. The Kier molecular flexibility index (Phi) is 4.15. The maximum Gasteiger partial charge on any atom is 0.228 e. The summed E-state index contributed by atoms with van der Waals surface area (Å²) in [5.74, 6) is -0.577. The first-order chi connectivity index (χ1) is 8.88. The van der Waals surface area contributed by atoms with Crippen molar-refractivity contribution in [2.75, 3.05) is 17.2 Å². The fourth-order valence-electron chi connectivity index (χ4n) is 2.08. The fourth-order valence-corrected chi connectivity index (χ4v) is 3.66. The first-order valence-electron chi connectivity index (χ1n) is 5.60. The predicted molar refractivity (Wildman–Crippen MR) is 77.5 cm³/mol. The summed E-state index contributed by atoms with van der Waals surface area (Å²) in [7, 11) is 0. The van der Waals surface area contributed by atoms with Gasteiger partial charge < -0.3 is 10.6 Å². The number of carbonyl (C=O) groups excluding carboxylic acids is 2. The molecule has 0 bridgehead atoms. The molecule has 1 saturated heterocycles. The van der Waals surface area contributed by atoms with Crippen molar-refractivity contribution in [3.63, 3.8) is 0 Å². The summed E-state index contributed by atoms with van der Waals surface area (Å²) in [5.41, 5.74) is 6.45. The fraction of sp³-hybridized carbons (Fsp3) is 0.333. The predicted octanol–water partition coefficient (Wildman–Crippen LogP) is 2.56. The summed E-state index contributed by atoms with van der Waals surface area (Å²) in [6.07, 6.45) is 0.285. The van der Waals surface area contributed by atoms with E-state index in [1.807, 2.05) is 0 Å². The first-order valence-corrected chi connectivity index (χ1v) is 7.28. The van der Waals surface area contributed by atoms with Gasteiger partial charge in [0.15, 0.2) is 5.12 Å². The Morgan fingerprint density at radius 2 is 2.26 bits per heavy atom. The zero-order valence-corrected chi connectivity index (χ0v) is 12.6. The number of benzene rings is 1. The van der Waals surface area contributed by atoms with Crippen LogP contribution in [0.2, 0.25) is 0 Å². The van der Waals surface area contributed by atoms with Gasteiger partial charge in [-0.05, 0) is 28.1 Å². The quantitative estimate of drug-likeness (QED) is 0.836. The lowest BCUT2D eigenvalue weighted by molar-refractivity contribution is -0.117. The highest BCUT2D eigenvalue weighted by Crippen LogP contribution is 2.37. The molecule has 1 aliphatic rings. The molecule has 2 rings (SSSR count). The minimum Gasteiger partial charge on any atom is -0.397 e. The smallest absolute Gasteiger partial charge is 0.228 e. The van der Waals surface area contributed by atoms with E-state index in [1.165, 1.54) is 24.0 Å². The number of anilines is 2. The minimum absolute atomic E-state index is 0.0224. The summed E-state index contributed by atoms with van der Waals surface area (Å²) in [4.78, 5) is 24.6. The highest BCUT2D eigenvalue weighted by Gasteiger charge is 2.33. The van der Waals surface area contributed by atoms with E-state index in [9.17, 15) is 14.0 Å². The Balaban J connectivity index is 2.28. The lowest BCUT2D eigenvalue weighted by Crippen LogP contribution is -2.26. The molecule has 1 aliphatic heterocycles. The molecule has 1 atom stereocenters. The molecule has 0 saturated carbocycles. The van der Waals surface area contributed by atoms with Crippen LogP contribution in [-0.4, -0.2) is 22.8 Å². The molecule has 1 heterocycles. The number of nitrogen functional groups attached to an aromatic ring is 1. The van der Waals surface area contributed by atoms with Crippen molar-refractivity contribution in [3.05, 3.63) is 22.4 Å². The molecule has 1 fully saturated rings. The normalized spacial score (nSPS) is 19.0. The van der Waals surface area contributed by atoms with Gasteiger partial charge in [-0.25, -0.2) is 4.39 Å². The van der Waals surface area contributed by atoms with E-state index in [0.29, 0.717) is 16.7 Å². The zero-order chi connectivity index (χ0) is 14.2. The third kappa shape index (κ3) is 3.09. The molecule has 0 spiro atoms. The van der Waals surface area contributed by atoms with Gasteiger partial charge in [-0.2, -0.15) is 0 Å². The van der Waals surface area contributed by atoms with E-state index < -0.39 is 5.82 Å². The number of nitrogens with two attached hydrogens (primary N) is 1. The van der Waals surface area contributed by atoms with Gasteiger partial charge in [0.2, 0.25) is 5.91 Å². The van der Waals surface area contributed by atoms with Gasteiger partial charge in [0.05, 0.1) is 11.4 Å². The second-order valence-electron chi connectivity index (χ2n) is 4.27. The number of nitrogens with zero attached hydrogens (tertiary/aromatic N) is 1. The van der Waals surface area contributed by atoms with Gasteiger partial charge in [-0.3, -0.25) is 9.59 Å². The van der Waals surface area contributed by atoms with Crippen molar-refractivity contribution in [1.29, 1.82) is 0 Å². The number of amides is 1. The standard InChI is InChI=1S/C12H12BrFN2O2S/c1-6(17)19-8-4-11(18)16(5-8)12-9(13)2-7(14)3-10(12)15/h2-3,8H,4-5,15H2,1H3. The van der Waals surface area contributed by atoms with Crippen LogP contribution < -0.4 is 10.6 Å². The minimum atomic E-state index is -0.463.